The second-order valence-corrected chi connectivity index (χ2v) is 5.50. The van der Waals surface area contributed by atoms with Crippen molar-refractivity contribution in [2.75, 3.05) is 21.3 Å². The van der Waals surface area contributed by atoms with E-state index in [0.29, 0.717) is 32.8 Å². The van der Waals surface area contributed by atoms with Gasteiger partial charge in [-0.2, -0.15) is 0 Å². The summed E-state index contributed by atoms with van der Waals surface area (Å²) in [6.45, 7) is 0. The molecule has 2 rings (SSSR count). The summed E-state index contributed by atoms with van der Waals surface area (Å²) in [6.07, 6.45) is 0. The van der Waals surface area contributed by atoms with E-state index in [4.69, 9.17) is 31.0 Å². The van der Waals surface area contributed by atoms with E-state index in [0.717, 1.165) is 0 Å². The van der Waals surface area contributed by atoms with Crippen molar-refractivity contribution in [3.63, 3.8) is 0 Å². The maximum Gasteiger partial charge on any atom is 0.292 e. The van der Waals surface area contributed by atoms with E-state index in [2.05, 4.69) is 20.9 Å². The first kappa shape index (κ1) is 17.5. The third-order valence-corrected chi connectivity index (χ3v) is 4.27. The topological polar surface area (TPSA) is 92.8 Å². The van der Waals surface area contributed by atoms with Gasteiger partial charge in [0.1, 0.15) is 10.8 Å². The number of ether oxygens (including phenoxy) is 3. The average molecular weight is 406 g/mol. The summed E-state index contributed by atoms with van der Waals surface area (Å²) in [5, 5.41) is 8.99. The second kappa shape index (κ2) is 7.12. The Balaban J connectivity index is 2.73. The Morgan fingerprint density at radius 3 is 2.39 bits per heavy atom. The summed E-state index contributed by atoms with van der Waals surface area (Å²) in [4.78, 5) is 14.4. The number of aromatic nitrogens is 1. The van der Waals surface area contributed by atoms with Crippen molar-refractivity contribution >= 4 is 33.4 Å². The summed E-state index contributed by atoms with van der Waals surface area (Å²) in [7, 11) is 4.49. The highest BCUT2D eigenvalue weighted by Crippen LogP contribution is 2.48. The van der Waals surface area contributed by atoms with Gasteiger partial charge in [-0.3, -0.25) is 10.0 Å². The van der Waals surface area contributed by atoms with Gasteiger partial charge in [-0.15, -0.1) is 0 Å². The van der Waals surface area contributed by atoms with Crippen LogP contribution in [0.3, 0.4) is 0 Å². The monoisotopic (exact) mass is 404 g/mol. The Hall–Kier alpha value is -1.90. The highest BCUT2D eigenvalue weighted by molar-refractivity contribution is 9.10. The van der Waals surface area contributed by atoms with Gasteiger partial charge in [-0.05, 0) is 28.1 Å². The van der Waals surface area contributed by atoms with Crippen molar-refractivity contribution in [3.05, 3.63) is 27.5 Å². The molecule has 0 aliphatic carbocycles. The van der Waals surface area contributed by atoms with E-state index in [1.165, 1.54) is 21.3 Å². The average Bonchev–Trinajstić information content (AvgIpc) is 2.86. The third-order valence-electron chi connectivity index (χ3n) is 3.20. The number of methoxy groups -OCH3 is 3. The first-order chi connectivity index (χ1) is 11.0. The molecule has 0 unspecified atom stereocenters. The summed E-state index contributed by atoms with van der Waals surface area (Å²) in [5.41, 5.74) is 2.69. The van der Waals surface area contributed by atoms with E-state index in [1.807, 2.05) is 0 Å². The van der Waals surface area contributed by atoms with Crippen molar-refractivity contribution in [2.24, 2.45) is 0 Å². The third kappa shape index (κ3) is 2.97. The largest absolute Gasteiger partial charge is 0.493 e. The lowest BCUT2D eigenvalue weighted by Crippen LogP contribution is -2.19. The van der Waals surface area contributed by atoms with Crippen molar-refractivity contribution in [2.45, 2.75) is 0 Å². The van der Waals surface area contributed by atoms with Crippen LogP contribution in [0.4, 0.5) is 0 Å². The van der Waals surface area contributed by atoms with Gasteiger partial charge in [0.05, 0.1) is 25.8 Å². The van der Waals surface area contributed by atoms with Gasteiger partial charge in [0.2, 0.25) is 5.75 Å². The molecular formula is C14H14BrClN2O5. The van der Waals surface area contributed by atoms with Crippen LogP contribution in [0.2, 0.25) is 5.15 Å². The molecule has 2 aromatic rings. The Morgan fingerprint density at radius 2 is 1.87 bits per heavy atom. The summed E-state index contributed by atoms with van der Waals surface area (Å²) >= 11 is 9.52. The quantitative estimate of drug-likeness (QED) is 0.524. The Morgan fingerprint density at radius 1 is 1.22 bits per heavy atom. The highest BCUT2D eigenvalue weighted by atomic mass is 79.9. The zero-order valence-electron chi connectivity index (χ0n) is 12.5. The van der Waals surface area contributed by atoms with Crippen LogP contribution in [0.5, 0.6) is 17.2 Å². The molecule has 0 bridgehead atoms. The van der Waals surface area contributed by atoms with E-state index < -0.39 is 5.91 Å². The Bertz CT molecular complexity index is 747. The van der Waals surface area contributed by atoms with Crippen LogP contribution in [-0.2, 0) is 0 Å². The van der Waals surface area contributed by atoms with E-state index in [9.17, 15) is 4.79 Å². The van der Waals surface area contributed by atoms with Crippen LogP contribution >= 0.6 is 27.5 Å². The lowest BCUT2D eigenvalue weighted by atomic mass is 10.1. The normalized spacial score (nSPS) is 10.3. The minimum atomic E-state index is -0.732. The molecule has 0 fully saturated rings. The highest BCUT2D eigenvalue weighted by Gasteiger charge is 2.25. The number of benzene rings is 1. The number of hydrogen-bond acceptors (Lipinski definition) is 5. The molecule has 7 nitrogen and oxygen atoms in total. The van der Waals surface area contributed by atoms with Crippen LogP contribution in [0.15, 0.2) is 16.6 Å². The van der Waals surface area contributed by atoms with Crippen LogP contribution in [0.25, 0.3) is 11.1 Å². The number of carbonyl (C=O) groups excluding carboxylic acids is 1. The van der Waals surface area contributed by atoms with Gasteiger partial charge >= 0.3 is 0 Å². The van der Waals surface area contributed by atoms with Crippen molar-refractivity contribution in [1.29, 1.82) is 0 Å². The minimum Gasteiger partial charge on any atom is -0.493 e. The maximum absolute atomic E-state index is 11.7. The van der Waals surface area contributed by atoms with Crippen molar-refractivity contribution < 1.29 is 24.2 Å². The Labute approximate surface area is 145 Å². The molecule has 0 aliphatic heterocycles. The predicted molar refractivity (Wildman–Crippen MR) is 87.8 cm³/mol. The van der Waals surface area contributed by atoms with Gasteiger partial charge < -0.3 is 19.2 Å². The molecule has 0 radical (unpaired) electrons. The number of halogens is 2. The second-order valence-electron chi connectivity index (χ2n) is 4.33. The summed E-state index contributed by atoms with van der Waals surface area (Å²) in [5.74, 6) is 0.544. The molecule has 3 N–H and O–H groups in total. The number of aromatic amines is 1. The zero-order chi connectivity index (χ0) is 17.1. The number of hydrogen-bond donors (Lipinski definition) is 3. The molecule has 124 valence electrons. The predicted octanol–water partition coefficient (Wildman–Crippen LogP) is 3.24. The van der Waals surface area contributed by atoms with E-state index in [-0.39, 0.29) is 10.8 Å². The fourth-order valence-corrected chi connectivity index (χ4v) is 3.29. The first-order valence-electron chi connectivity index (χ1n) is 6.30. The fraction of sp³-hybridized carbons (Fsp3) is 0.214. The molecular weight excluding hydrogens is 392 g/mol. The van der Waals surface area contributed by atoms with E-state index >= 15 is 0 Å². The smallest absolute Gasteiger partial charge is 0.292 e. The molecule has 0 atom stereocenters. The van der Waals surface area contributed by atoms with Gasteiger partial charge in [-0.1, -0.05) is 11.6 Å². The molecule has 0 spiro atoms. The van der Waals surface area contributed by atoms with Crippen LogP contribution in [0.1, 0.15) is 10.5 Å². The SMILES string of the molecule is COc1ccc(-c2c(Cl)[nH]c(C(=O)NO)c2Br)c(OC)c1OC. The lowest BCUT2D eigenvalue weighted by molar-refractivity contribution is 0.0700. The van der Waals surface area contributed by atoms with E-state index in [1.54, 1.807) is 17.6 Å². The van der Waals surface area contributed by atoms with Gasteiger partial charge in [0.15, 0.2) is 11.5 Å². The zero-order valence-corrected chi connectivity index (χ0v) is 14.8. The fourth-order valence-electron chi connectivity index (χ4n) is 2.20. The number of amides is 1. The number of carbonyl (C=O) groups is 1. The van der Waals surface area contributed by atoms with Crippen LogP contribution in [0, 0.1) is 0 Å². The molecule has 0 aliphatic rings. The summed E-state index contributed by atoms with van der Waals surface area (Å²) in [6, 6.07) is 3.42. The van der Waals surface area contributed by atoms with Crippen LogP contribution < -0.4 is 19.7 Å². The molecule has 1 aromatic heterocycles. The van der Waals surface area contributed by atoms with Crippen LogP contribution in [-0.4, -0.2) is 37.4 Å². The molecule has 9 heteroatoms. The number of hydroxylamine groups is 1. The summed E-state index contributed by atoms with van der Waals surface area (Å²) < 4.78 is 16.4. The maximum atomic E-state index is 11.7. The molecule has 1 heterocycles. The molecule has 1 amide bonds. The lowest BCUT2D eigenvalue weighted by Gasteiger charge is -2.15. The van der Waals surface area contributed by atoms with Crippen molar-refractivity contribution in [3.8, 4) is 28.4 Å². The molecule has 0 saturated heterocycles. The number of rotatable bonds is 5. The first-order valence-corrected chi connectivity index (χ1v) is 7.47. The van der Waals surface area contributed by atoms with Crippen molar-refractivity contribution in [1.82, 2.24) is 10.5 Å². The number of H-pyrrole nitrogens is 1. The van der Waals surface area contributed by atoms with Gasteiger partial charge in [-0.25, -0.2) is 5.48 Å². The van der Waals surface area contributed by atoms with Gasteiger partial charge in [0.25, 0.3) is 5.91 Å². The standard InChI is InChI=1S/C14H14BrClN2O5/c1-21-7-5-4-6(11(22-2)12(7)23-3)8-9(15)10(14(19)18-20)17-13(8)16/h4-5,17,20H,1-3H3,(H,18,19). The number of nitrogens with one attached hydrogen (secondary N) is 2. The molecule has 0 saturated carbocycles. The van der Waals surface area contributed by atoms with Gasteiger partial charge in [0, 0.05) is 11.1 Å². The Kier molecular flexibility index (Phi) is 5.40. The minimum absolute atomic E-state index is 0.0735. The molecule has 23 heavy (non-hydrogen) atoms. The molecule has 1 aromatic carbocycles.